The molecule has 0 spiro atoms. The summed E-state index contributed by atoms with van der Waals surface area (Å²) in [7, 11) is 0. The number of amides is 3. The van der Waals surface area contributed by atoms with E-state index in [-0.39, 0.29) is 60.3 Å². The molecule has 8 aliphatic carbocycles. The van der Waals surface area contributed by atoms with E-state index in [0.717, 1.165) is 115 Å². The Labute approximate surface area is 522 Å². The van der Waals surface area contributed by atoms with Gasteiger partial charge in [0, 0.05) is 39.0 Å². The molecule has 16 atom stereocenters. The summed E-state index contributed by atoms with van der Waals surface area (Å²) < 4.78 is 25.7. The molecule has 0 aliphatic heterocycles. The number of aromatic nitrogens is 3. The van der Waals surface area contributed by atoms with Crippen molar-refractivity contribution < 1.29 is 33.3 Å². The van der Waals surface area contributed by atoms with E-state index in [2.05, 4.69) is 102 Å². The molecule has 6 saturated carbocycles. The van der Waals surface area contributed by atoms with Crippen molar-refractivity contribution in [2.45, 2.75) is 275 Å². The molecule has 486 valence electrons. The lowest BCUT2D eigenvalue weighted by Gasteiger charge is -2.58. The summed E-state index contributed by atoms with van der Waals surface area (Å²) in [5.74, 6) is 9.57. The molecule has 0 aromatic carbocycles. The lowest BCUT2D eigenvalue weighted by Crippen LogP contribution is -2.51. The van der Waals surface area contributed by atoms with Gasteiger partial charge in [0.2, 0.25) is 5.91 Å². The summed E-state index contributed by atoms with van der Waals surface area (Å²) in [4.78, 5) is 42.5. The second-order valence-corrected chi connectivity index (χ2v) is 31.8. The zero-order chi connectivity index (χ0) is 61.4. The molecule has 1 heterocycles. The topological polar surface area (TPSA) is 146 Å². The highest BCUT2D eigenvalue weighted by atomic mass is 16.6. The largest absolute Gasteiger partial charge is 0.446 e. The van der Waals surface area contributed by atoms with Gasteiger partial charge in [0.15, 0.2) is 0 Å². The van der Waals surface area contributed by atoms with E-state index in [1.807, 2.05) is 24.9 Å². The molecule has 6 fully saturated rings. The summed E-state index contributed by atoms with van der Waals surface area (Å²) in [5, 5.41) is 14.5. The number of alkyl carbamates (subject to hydrolysis) is 2. The standard InChI is InChI=1S/C73H122N6O7/c1-49(2)17-13-19-52(7)61-25-27-63-59-23-21-54-45-57(29-34-70(54,9)65(59)31-36-72(61,63)11)85-68(81)74-38-15-40-78(67(80)33-43-83-44-42-79-47-56(76-77-79)48-84-51(5)6)41-16-39-75-69(82)86-58-30-35-71(10)55(46-58)22-24-60-64-28-26-62(53(8)20-14-18-50(3)4)73(64,12)37-32-66(60)71/h21-22,47,49-53,57-66H,13-20,23-46,48H2,1-12H3,(H,74,81)(H,75,82)/t52-,53-,57+,58+,59?,60?,61?,62?,63?,64?,65?,66?,70+,71+,72-,73-/m1/s1. The molecule has 0 saturated heterocycles. The van der Waals surface area contributed by atoms with Crippen LogP contribution in [0.2, 0.25) is 0 Å². The number of rotatable bonds is 29. The van der Waals surface area contributed by atoms with Gasteiger partial charge in [-0.2, -0.15) is 0 Å². The van der Waals surface area contributed by atoms with Crippen molar-refractivity contribution in [1.82, 2.24) is 30.5 Å². The first-order valence-corrected chi connectivity index (χ1v) is 35.7. The monoisotopic (exact) mass is 1190 g/mol. The highest BCUT2D eigenvalue weighted by Gasteiger charge is 2.61. The van der Waals surface area contributed by atoms with Crippen LogP contribution >= 0.6 is 0 Å². The number of carbonyl (C=O) groups excluding carboxylic acids is 3. The van der Waals surface area contributed by atoms with Crippen molar-refractivity contribution in [1.29, 1.82) is 0 Å². The SMILES string of the molecule is CC(C)CCC[C@@H](C)C1CCC2C3CC=C4C[C@@H](OC(=O)NCCCN(CCCNC(=O)O[C@H]5CC[C@@]6(C)C(=CCC7C8CCC([C@H](C)CCCC(C)C)[C@@]8(C)CCC76)C5)C(=O)CCOCCn5cc(COC(C)C)nn5)CC[C@]4(C)C3CC[C@@]21C. The maximum Gasteiger partial charge on any atom is 0.407 e. The van der Waals surface area contributed by atoms with Crippen LogP contribution in [-0.2, 0) is 36.9 Å². The van der Waals surface area contributed by atoms with Gasteiger partial charge < -0.3 is 34.5 Å². The zero-order valence-corrected chi connectivity index (χ0v) is 56.4. The molecule has 1 aromatic heterocycles. The predicted octanol–water partition coefficient (Wildman–Crippen LogP) is 16.5. The Bertz CT molecular complexity index is 2310. The van der Waals surface area contributed by atoms with Crippen molar-refractivity contribution in [3.05, 3.63) is 35.2 Å². The molecule has 8 unspecified atom stereocenters. The lowest BCUT2D eigenvalue weighted by molar-refractivity contribution is -0.132. The molecule has 2 N–H and O–H groups in total. The molecule has 3 amide bonds. The molecule has 0 bridgehead atoms. The van der Waals surface area contributed by atoms with Crippen LogP contribution in [-0.4, -0.2) is 95.7 Å². The first-order valence-electron chi connectivity index (χ1n) is 35.7. The number of nitrogens with one attached hydrogen (secondary N) is 2. The third-order valence-electron chi connectivity index (χ3n) is 25.2. The fraction of sp³-hybridized carbons (Fsp3) is 0.877. The summed E-state index contributed by atoms with van der Waals surface area (Å²) in [6, 6.07) is 0. The smallest absolute Gasteiger partial charge is 0.407 e. The summed E-state index contributed by atoms with van der Waals surface area (Å²) in [6.07, 6.45) is 34.8. The maximum atomic E-state index is 13.8. The number of hydrogen-bond donors (Lipinski definition) is 2. The normalized spacial score (nSPS) is 34.4. The van der Waals surface area contributed by atoms with Crippen LogP contribution in [0.4, 0.5) is 9.59 Å². The van der Waals surface area contributed by atoms with Gasteiger partial charge in [0.05, 0.1) is 45.1 Å². The molecule has 1 aromatic rings. The van der Waals surface area contributed by atoms with E-state index in [1.54, 1.807) is 4.68 Å². The molecule has 13 heteroatoms. The van der Waals surface area contributed by atoms with Crippen LogP contribution in [0.15, 0.2) is 29.5 Å². The highest BCUT2D eigenvalue weighted by molar-refractivity contribution is 5.76. The van der Waals surface area contributed by atoms with Crippen molar-refractivity contribution in [3.8, 4) is 0 Å². The van der Waals surface area contributed by atoms with E-state index in [1.165, 1.54) is 114 Å². The summed E-state index contributed by atoms with van der Waals surface area (Å²) >= 11 is 0. The van der Waals surface area contributed by atoms with Crippen LogP contribution in [0.1, 0.15) is 249 Å². The van der Waals surface area contributed by atoms with Crippen LogP contribution < -0.4 is 10.6 Å². The van der Waals surface area contributed by atoms with E-state index in [4.69, 9.17) is 18.9 Å². The average Bonchev–Trinajstić information content (AvgIpc) is 1.33. The molecule has 9 rings (SSSR count). The van der Waals surface area contributed by atoms with Gasteiger partial charge in [-0.1, -0.05) is 136 Å². The summed E-state index contributed by atoms with van der Waals surface area (Å²) in [6.45, 7) is 32.3. The molecule has 13 nitrogen and oxygen atoms in total. The average molecular weight is 1200 g/mol. The lowest BCUT2D eigenvalue weighted by atomic mass is 9.47. The van der Waals surface area contributed by atoms with Crippen LogP contribution in [0.3, 0.4) is 0 Å². The number of carbonyl (C=O) groups is 3. The Kier molecular flexibility index (Phi) is 23.1. The Morgan fingerprint density at radius 1 is 0.616 bits per heavy atom. The van der Waals surface area contributed by atoms with Gasteiger partial charge in [0.1, 0.15) is 17.9 Å². The molecular formula is C73H122N6O7. The Morgan fingerprint density at radius 3 is 1.59 bits per heavy atom. The second kappa shape index (κ2) is 29.7. The van der Waals surface area contributed by atoms with Gasteiger partial charge in [0.25, 0.3) is 0 Å². The highest BCUT2D eigenvalue weighted by Crippen LogP contribution is 2.69. The minimum Gasteiger partial charge on any atom is -0.446 e. The van der Waals surface area contributed by atoms with Crippen molar-refractivity contribution in [2.75, 3.05) is 39.4 Å². The number of nitrogens with zero attached hydrogens (tertiary/aromatic N) is 4. The number of fused-ring (bicyclic) bond motifs is 10. The fourth-order valence-electron chi connectivity index (χ4n) is 20.5. The van der Waals surface area contributed by atoms with Crippen LogP contribution in [0.5, 0.6) is 0 Å². The Morgan fingerprint density at radius 2 is 1.12 bits per heavy atom. The molecule has 86 heavy (non-hydrogen) atoms. The van der Waals surface area contributed by atoms with Gasteiger partial charge >= 0.3 is 12.2 Å². The number of allylic oxidation sites excluding steroid dienone is 2. The van der Waals surface area contributed by atoms with Gasteiger partial charge in [-0.3, -0.25) is 4.79 Å². The number of ether oxygens (including phenoxy) is 4. The van der Waals surface area contributed by atoms with Crippen LogP contribution in [0, 0.1) is 92.7 Å². The number of hydrogen-bond acceptors (Lipinski definition) is 9. The van der Waals surface area contributed by atoms with Gasteiger partial charge in [-0.05, 0) is 209 Å². The molecule has 8 aliphatic rings. The fourth-order valence-corrected chi connectivity index (χ4v) is 20.5. The van der Waals surface area contributed by atoms with E-state index < -0.39 is 0 Å². The van der Waals surface area contributed by atoms with E-state index in [9.17, 15) is 14.4 Å². The van der Waals surface area contributed by atoms with Gasteiger partial charge in [-0.15, -0.1) is 5.10 Å². The molecular weight excluding hydrogens is 1070 g/mol. The van der Waals surface area contributed by atoms with Crippen molar-refractivity contribution >= 4 is 18.1 Å². The minimum absolute atomic E-state index is 0.0190. The maximum absolute atomic E-state index is 13.8. The first-order chi connectivity index (χ1) is 41.1. The Hall–Kier alpha value is -3.45. The van der Waals surface area contributed by atoms with Crippen LogP contribution in [0.25, 0.3) is 0 Å². The van der Waals surface area contributed by atoms with Crippen molar-refractivity contribution in [3.63, 3.8) is 0 Å². The minimum atomic E-state index is -0.370. The first kappa shape index (κ1) is 67.0. The third kappa shape index (κ3) is 15.6. The van der Waals surface area contributed by atoms with E-state index in [0.29, 0.717) is 69.6 Å². The molecule has 0 radical (unpaired) electrons. The Balaban J connectivity index is 0.716. The van der Waals surface area contributed by atoms with E-state index >= 15 is 0 Å². The summed E-state index contributed by atoms with van der Waals surface area (Å²) in [5.41, 5.74) is 5.16. The third-order valence-corrected chi connectivity index (χ3v) is 25.2. The second-order valence-electron chi connectivity index (χ2n) is 31.8. The quantitative estimate of drug-likeness (QED) is 0.0591. The predicted molar refractivity (Wildman–Crippen MR) is 344 cm³/mol. The van der Waals surface area contributed by atoms with Gasteiger partial charge in [-0.25, -0.2) is 14.3 Å². The van der Waals surface area contributed by atoms with Crippen molar-refractivity contribution in [2.24, 2.45) is 92.7 Å². The zero-order valence-electron chi connectivity index (χ0n) is 56.4.